The highest BCUT2D eigenvalue weighted by Crippen LogP contribution is 2.51. The molecule has 0 N–H and O–H groups in total. The number of benzene rings is 8. The van der Waals surface area contributed by atoms with Gasteiger partial charge in [-0.15, -0.1) is 0 Å². The first-order valence-corrected chi connectivity index (χ1v) is 31.0. The van der Waals surface area contributed by atoms with Gasteiger partial charge in [0, 0.05) is 0 Å². The van der Waals surface area contributed by atoms with Crippen LogP contribution in [0.15, 0.2) is 12.1 Å². The summed E-state index contributed by atoms with van der Waals surface area (Å²) < 4.78 is 0. The Balaban J connectivity index is 0.000000132. The molecule has 4 aliphatic rings. The highest BCUT2D eigenvalue weighted by atomic mass is 14.4. The molecular weight excluding hydrogens is 985 g/mol. The third-order valence-electron chi connectivity index (χ3n) is 23.7. The minimum atomic E-state index is 1.12. The van der Waals surface area contributed by atoms with Crippen LogP contribution in [0.4, 0.5) is 0 Å². The number of hydrogen-bond donors (Lipinski definition) is 0. The molecule has 0 saturated heterocycles. The summed E-state index contributed by atoms with van der Waals surface area (Å²) in [5.41, 5.74) is 69.0. The Morgan fingerprint density at radius 3 is 0.561 bits per heavy atom. The topological polar surface area (TPSA) is 0 Å². The molecule has 0 atom stereocenters. The molecular formula is C82H100. The van der Waals surface area contributed by atoms with Gasteiger partial charge in [-0.05, 0) is 489 Å². The van der Waals surface area contributed by atoms with Crippen molar-refractivity contribution in [1.82, 2.24) is 0 Å². The summed E-state index contributed by atoms with van der Waals surface area (Å²) in [5.74, 6) is 0. The molecule has 0 bridgehead atoms. The van der Waals surface area contributed by atoms with Crippen LogP contribution in [-0.4, -0.2) is 0 Å². The van der Waals surface area contributed by atoms with Gasteiger partial charge in [0.15, 0.2) is 0 Å². The van der Waals surface area contributed by atoms with E-state index in [4.69, 9.17) is 0 Å². The normalized spacial score (nSPS) is 12.6. The van der Waals surface area contributed by atoms with Gasteiger partial charge in [-0.1, -0.05) is 12.1 Å². The average molecular weight is 1090 g/mol. The van der Waals surface area contributed by atoms with E-state index >= 15 is 0 Å². The lowest BCUT2D eigenvalue weighted by Crippen LogP contribution is -1.99. The fourth-order valence-electron chi connectivity index (χ4n) is 15.8. The molecule has 0 fully saturated rings. The Hall–Kier alpha value is -6.24. The molecule has 0 heteroatoms. The molecule has 0 aromatic heterocycles. The van der Waals surface area contributed by atoms with E-state index in [1.54, 1.807) is 44.5 Å². The molecule has 0 saturated carbocycles. The number of aryl methyl sites for hydroxylation is 4. The Morgan fingerprint density at radius 1 is 0.134 bits per heavy atom. The molecule has 82 heavy (non-hydrogen) atoms. The maximum absolute atomic E-state index is 2.35. The quantitative estimate of drug-likeness (QED) is 0.142. The van der Waals surface area contributed by atoms with Crippen LogP contribution in [0.25, 0.3) is 44.5 Å². The Labute approximate surface area is 498 Å². The van der Waals surface area contributed by atoms with Crippen molar-refractivity contribution in [2.24, 2.45) is 0 Å². The minimum Gasteiger partial charge on any atom is -0.0558 e. The van der Waals surface area contributed by atoms with Crippen LogP contribution in [0.2, 0.25) is 0 Å². The molecule has 0 heterocycles. The van der Waals surface area contributed by atoms with Crippen LogP contribution in [0.5, 0.6) is 0 Å². The first-order chi connectivity index (χ1) is 38.2. The Bertz CT molecular complexity index is 3870. The van der Waals surface area contributed by atoms with Crippen molar-refractivity contribution in [3.8, 4) is 44.5 Å². The van der Waals surface area contributed by atoms with Crippen molar-refractivity contribution < 1.29 is 0 Å². The second-order valence-electron chi connectivity index (χ2n) is 26.8. The van der Waals surface area contributed by atoms with Crippen LogP contribution in [-0.2, 0) is 25.7 Å². The van der Waals surface area contributed by atoms with Gasteiger partial charge in [-0.25, -0.2) is 0 Å². The summed E-state index contributed by atoms with van der Waals surface area (Å²) in [6.07, 6.45) is 4.47. The third kappa shape index (κ3) is 8.87. The van der Waals surface area contributed by atoms with Crippen LogP contribution < -0.4 is 0 Å². The van der Waals surface area contributed by atoms with E-state index in [2.05, 4.69) is 220 Å². The second kappa shape index (κ2) is 21.4. The van der Waals surface area contributed by atoms with E-state index in [1.807, 2.05) is 0 Å². The van der Waals surface area contributed by atoms with E-state index in [0.717, 1.165) is 25.7 Å². The van der Waals surface area contributed by atoms with E-state index in [9.17, 15) is 0 Å². The monoisotopic (exact) mass is 1080 g/mol. The third-order valence-corrected chi connectivity index (χ3v) is 23.7. The first-order valence-electron chi connectivity index (χ1n) is 31.0. The van der Waals surface area contributed by atoms with Gasteiger partial charge < -0.3 is 0 Å². The van der Waals surface area contributed by atoms with Crippen LogP contribution in [0.1, 0.15) is 211 Å². The summed E-state index contributed by atoms with van der Waals surface area (Å²) in [6.45, 7) is 68.5. The van der Waals surface area contributed by atoms with Crippen molar-refractivity contribution in [2.45, 2.75) is 233 Å². The van der Waals surface area contributed by atoms with Gasteiger partial charge in [0.1, 0.15) is 0 Å². The van der Waals surface area contributed by atoms with Crippen LogP contribution in [0, 0.1) is 208 Å². The second-order valence-corrected chi connectivity index (χ2v) is 26.8. The summed E-state index contributed by atoms with van der Waals surface area (Å²) in [4.78, 5) is 0. The van der Waals surface area contributed by atoms with Gasteiger partial charge in [0.25, 0.3) is 0 Å². The molecule has 12 rings (SSSR count). The van der Waals surface area contributed by atoms with Crippen molar-refractivity contribution in [2.75, 3.05) is 0 Å². The van der Waals surface area contributed by atoms with E-state index < -0.39 is 0 Å². The zero-order chi connectivity index (χ0) is 60.8. The summed E-state index contributed by atoms with van der Waals surface area (Å²) in [5, 5.41) is 0. The molecule has 8 aromatic rings. The van der Waals surface area contributed by atoms with Crippen molar-refractivity contribution in [3.63, 3.8) is 0 Å². The largest absolute Gasteiger partial charge is 0.0558 e. The highest BCUT2D eigenvalue weighted by Gasteiger charge is 2.33. The Kier molecular flexibility index (Phi) is 15.8. The molecule has 8 aromatic carbocycles. The van der Waals surface area contributed by atoms with Crippen molar-refractivity contribution >= 4 is 0 Å². The molecule has 0 amide bonds. The van der Waals surface area contributed by atoms with Gasteiger partial charge in [0.2, 0.25) is 0 Å². The van der Waals surface area contributed by atoms with Gasteiger partial charge >= 0.3 is 0 Å². The molecule has 0 unspecified atom stereocenters. The highest BCUT2D eigenvalue weighted by molar-refractivity contribution is 5.90. The zero-order valence-corrected chi connectivity index (χ0v) is 57.0. The smallest absolute Gasteiger partial charge is 0.000778 e. The first kappa shape index (κ1) is 60.4. The minimum absolute atomic E-state index is 1.12. The molecule has 0 aliphatic heterocycles. The molecule has 0 spiro atoms. The summed E-state index contributed by atoms with van der Waals surface area (Å²) in [6, 6.07) is 4.71. The number of fused-ring (bicyclic) bond motifs is 12. The van der Waals surface area contributed by atoms with Gasteiger partial charge in [-0.3, -0.25) is 0 Å². The van der Waals surface area contributed by atoms with Crippen LogP contribution in [0.3, 0.4) is 0 Å². The van der Waals surface area contributed by atoms with E-state index in [0.29, 0.717) is 0 Å². The van der Waals surface area contributed by atoms with Crippen molar-refractivity contribution in [1.29, 1.82) is 0 Å². The maximum atomic E-state index is 2.35. The predicted octanol–water partition coefficient (Wildman–Crippen LogP) is 22.3. The predicted molar refractivity (Wildman–Crippen MR) is 361 cm³/mol. The molecule has 4 aliphatic carbocycles. The fraction of sp³-hybridized carbons (Fsp3) is 0.415. The summed E-state index contributed by atoms with van der Waals surface area (Å²) >= 11 is 0. The SMILES string of the molecule is Cc1c(C)c(C)c2c(c1C)Cc1c(C)c(C)c(C)c(C)c1-2.Cc1c(C)c(C)c2c(c1C)Cc1c(C)c(C)c(C)c(C)c1-2.Cc1cc(C)c2c(c1C)-c1c(C)c(C)c(C)c(C)c1C2.Cc1cc(C)c2c(c1C)Cc1c(C)c(C)c(C)c(C)c1-2. The van der Waals surface area contributed by atoms with E-state index in [-0.39, 0.29) is 0 Å². The molecule has 0 nitrogen and oxygen atoms in total. The van der Waals surface area contributed by atoms with Crippen LogP contribution >= 0.6 is 0 Å². The standard InChI is InChI=1S/2C21H26.2C20H24/c2*1-10-12(3)16(7)20-18(14(10)5)9-19-15(6)11(2)13(4)17(8)21(19)20;1-10-8-11(2)19-17(12(10)3)9-18-15(6)13(4)14(5)16(7)20(18)19;1-10-8-11(2)17-9-18-15(6)13(4)14(5)16(7)20(18)19(17)12(10)3/h2*9H2,1-8H3;2*8H,9H2,1-7H3. The van der Waals surface area contributed by atoms with Gasteiger partial charge in [0.05, 0.1) is 0 Å². The lowest BCUT2D eigenvalue weighted by atomic mass is 9.86. The number of hydrogen-bond acceptors (Lipinski definition) is 0. The fourth-order valence-corrected chi connectivity index (χ4v) is 15.8. The van der Waals surface area contributed by atoms with Gasteiger partial charge in [-0.2, -0.15) is 0 Å². The Morgan fingerprint density at radius 2 is 0.305 bits per heavy atom. The summed E-state index contributed by atoms with van der Waals surface area (Å²) in [7, 11) is 0. The maximum Gasteiger partial charge on any atom is -0.000778 e. The molecule has 428 valence electrons. The average Bonchev–Trinajstić information content (AvgIpc) is 2.20. The number of rotatable bonds is 0. The van der Waals surface area contributed by atoms with E-state index in [1.165, 1.54) is 211 Å². The van der Waals surface area contributed by atoms with Crippen molar-refractivity contribution in [3.05, 3.63) is 224 Å². The molecule has 0 radical (unpaired) electrons. The lowest BCUT2D eigenvalue weighted by molar-refractivity contribution is 1.12. The lowest BCUT2D eigenvalue weighted by Gasteiger charge is -2.19. The zero-order valence-electron chi connectivity index (χ0n) is 57.0.